The molecular weight excluding hydrogens is 222 g/mol. The summed E-state index contributed by atoms with van der Waals surface area (Å²) >= 11 is 0. The van der Waals surface area contributed by atoms with Crippen molar-refractivity contribution in [3.8, 4) is 0 Å². The third kappa shape index (κ3) is 6.55. The van der Waals surface area contributed by atoms with Crippen LogP contribution >= 0.6 is 0 Å². The molecule has 1 atom stereocenters. The van der Waals surface area contributed by atoms with E-state index in [1.165, 1.54) is 51.4 Å². The molecule has 0 saturated heterocycles. The second kappa shape index (κ2) is 10.6. The first-order chi connectivity index (χ1) is 8.88. The Balaban J connectivity index is 2.41. The second-order valence-corrected chi connectivity index (χ2v) is 5.18. The van der Waals surface area contributed by atoms with Gasteiger partial charge in [0.1, 0.15) is 0 Å². The Hall–Kier alpha value is -0.340. The highest BCUT2D eigenvalue weighted by Gasteiger charge is 2.13. The van der Waals surface area contributed by atoms with Crippen molar-refractivity contribution in [2.75, 3.05) is 19.8 Å². The van der Waals surface area contributed by atoms with E-state index in [2.05, 4.69) is 25.2 Å². The van der Waals surface area contributed by atoms with Gasteiger partial charge in [0.25, 0.3) is 0 Å². The highest BCUT2D eigenvalue weighted by Crippen LogP contribution is 2.21. The summed E-state index contributed by atoms with van der Waals surface area (Å²) in [6.45, 7) is 7.09. The Labute approximate surface area is 113 Å². The zero-order chi connectivity index (χ0) is 13.1. The molecule has 1 aliphatic carbocycles. The molecule has 0 fully saturated rings. The van der Waals surface area contributed by atoms with E-state index in [0.717, 1.165) is 19.8 Å². The Morgan fingerprint density at radius 3 is 2.83 bits per heavy atom. The van der Waals surface area contributed by atoms with E-state index in [9.17, 15) is 0 Å². The maximum absolute atomic E-state index is 5.45. The first-order valence-corrected chi connectivity index (χ1v) is 7.88. The molecule has 0 saturated carbocycles. The van der Waals surface area contributed by atoms with Gasteiger partial charge < -0.3 is 10.1 Å². The van der Waals surface area contributed by atoms with Crippen LogP contribution < -0.4 is 5.32 Å². The number of rotatable bonds is 8. The summed E-state index contributed by atoms with van der Waals surface area (Å²) in [7, 11) is 0. The molecule has 0 radical (unpaired) electrons. The molecule has 0 heterocycles. The molecule has 1 aliphatic rings. The number of ether oxygens (including phenoxy) is 1. The summed E-state index contributed by atoms with van der Waals surface area (Å²) in [6, 6.07) is 0.591. The van der Waals surface area contributed by atoms with Crippen LogP contribution in [0.15, 0.2) is 11.6 Å². The van der Waals surface area contributed by atoms with Crippen molar-refractivity contribution in [1.29, 1.82) is 0 Å². The van der Waals surface area contributed by atoms with Gasteiger partial charge in [0.2, 0.25) is 0 Å². The van der Waals surface area contributed by atoms with E-state index in [0.29, 0.717) is 6.04 Å². The standard InChI is InChI=1S/C16H31NO/c1-3-17-16(13-10-14-18-4-2)15-11-8-6-5-7-9-12-15/h11,16-17H,3-10,12-14H2,1-2H3. The number of hydrogen-bond donors (Lipinski definition) is 1. The summed E-state index contributed by atoms with van der Waals surface area (Å²) in [5.41, 5.74) is 1.66. The Morgan fingerprint density at radius 2 is 2.06 bits per heavy atom. The molecule has 0 aliphatic heterocycles. The van der Waals surface area contributed by atoms with Gasteiger partial charge in [0, 0.05) is 19.3 Å². The van der Waals surface area contributed by atoms with E-state index in [1.54, 1.807) is 5.57 Å². The molecule has 0 aromatic carbocycles. The summed E-state index contributed by atoms with van der Waals surface area (Å²) in [4.78, 5) is 0. The molecule has 0 aromatic rings. The van der Waals surface area contributed by atoms with Crippen LogP contribution in [-0.2, 0) is 4.74 Å². The maximum atomic E-state index is 5.45. The monoisotopic (exact) mass is 253 g/mol. The van der Waals surface area contributed by atoms with E-state index in [4.69, 9.17) is 4.74 Å². The molecule has 1 N–H and O–H groups in total. The summed E-state index contributed by atoms with van der Waals surface area (Å²) in [5, 5.41) is 3.65. The lowest BCUT2D eigenvalue weighted by Gasteiger charge is -2.23. The Kier molecular flexibility index (Phi) is 9.23. The van der Waals surface area contributed by atoms with Crippen LogP contribution in [0.4, 0.5) is 0 Å². The van der Waals surface area contributed by atoms with Gasteiger partial charge in [-0.25, -0.2) is 0 Å². The summed E-state index contributed by atoms with van der Waals surface area (Å²) in [5.74, 6) is 0. The van der Waals surface area contributed by atoms with Crippen molar-refractivity contribution < 1.29 is 4.74 Å². The molecular formula is C16H31NO. The molecule has 106 valence electrons. The molecule has 1 unspecified atom stereocenters. The quantitative estimate of drug-likeness (QED) is 0.520. The maximum Gasteiger partial charge on any atom is 0.0466 e. The Bertz CT molecular complexity index is 225. The second-order valence-electron chi connectivity index (χ2n) is 5.18. The van der Waals surface area contributed by atoms with Gasteiger partial charge in [-0.15, -0.1) is 0 Å². The fourth-order valence-electron chi connectivity index (χ4n) is 2.73. The molecule has 0 spiro atoms. The van der Waals surface area contributed by atoms with Gasteiger partial charge in [-0.2, -0.15) is 0 Å². The van der Waals surface area contributed by atoms with Crippen LogP contribution in [0.1, 0.15) is 65.2 Å². The zero-order valence-corrected chi connectivity index (χ0v) is 12.3. The van der Waals surface area contributed by atoms with Crippen LogP contribution in [-0.4, -0.2) is 25.8 Å². The molecule has 2 heteroatoms. The molecule has 0 amide bonds. The third-order valence-electron chi connectivity index (χ3n) is 3.71. The van der Waals surface area contributed by atoms with Crippen molar-refractivity contribution in [2.24, 2.45) is 0 Å². The number of allylic oxidation sites excluding steroid dienone is 1. The third-order valence-corrected chi connectivity index (χ3v) is 3.71. The van der Waals surface area contributed by atoms with E-state index >= 15 is 0 Å². The summed E-state index contributed by atoms with van der Waals surface area (Å²) in [6.07, 6.45) is 13.1. The highest BCUT2D eigenvalue weighted by molar-refractivity contribution is 5.11. The van der Waals surface area contributed by atoms with Crippen molar-refractivity contribution in [1.82, 2.24) is 5.32 Å². The normalized spacial score (nSPS) is 18.9. The zero-order valence-electron chi connectivity index (χ0n) is 12.3. The molecule has 1 rings (SSSR count). The van der Waals surface area contributed by atoms with Gasteiger partial charge in [-0.05, 0) is 52.0 Å². The first-order valence-electron chi connectivity index (χ1n) is 7.88. The number of nitrogens with one attached hydrogen (secondary N) is 1. The Morgan fingerprint density at radius 1 is 1.22 bits per heavy atom. The van der Waals surface area contributed by atoms with Gasteiger partial charge in [-0.3, -0.25) is 0 Å². The lowest BCUT2D eigenvalue weighted by Crippen LogP contribution is -2.31. The predicted molar refractivity (Wildman–Crippen MR) is 79.0 cm³/mol. The van der Waals surface area contributed by atoms with E-state index < -0.39 is 0 Å². The van der Waals surface area contributed by atoms with Gasteiger partial charge >= 0.3 is 0 Å². The van der Waals surface area contributed by atoms with Crippen LogP contribution in [0.25, 0.3) is 0 Å². The molecule has 18 heavy (non-hydrogen) atoms. The smallest absolute Gasteiger partial charge is 0.0466 e. The van der Waals surface area contributed by atoms with Crippen molar-refractivity contribution in [2.45, 2.75) is 71.3 Å². The van der Waals surface area contributed by atoms with Crippen LogP contribution in [0.3, 0.4) is 0 Å². The average molecular weight is 253 g/mol. The molecule has 2 nitrogen and oxygen atoms in total. The highest BCUT2D eigenvalue weighted by atomic mass is 16.5. The fourth-order valence-corrected chi connectivity index (χ4v) is 2.73. The molecule has 0 aromatic heterocycles. The number of likely N-dealkylation sites (N-methyl/N-ethyl adjacent to an activating group) is 1. The van der Waals surface area contributed by atoms with Crippen molar-refractivity contribution in [3.63, 3.8) is 0 Å². The van der Waals surface area contributed by atoms with E-state index in [-0.39, 0.29) is 0 Å². The SMILES string of the molecule is CCNC(CCCOCC)C1=CCCCCCC1. The van der Waals surface area contributed by atoms with Crippen LogP contribution in [0, 0.1) is 0 Å². The largest absolute Gasteiger partial charge is 0.382 e. The predicted octanol–water partition coefficient (Wildman–Crippen LogP) is 4.06. The van der Waals surface area contributed by atoms with Gasteiger partial charge in [0.15, 0.2) is 0 Å². The number of hydrogen-bond acceptors (Lipinski definition) is 2. The minimum atomic E-state index is 0.591. The van der Waals surface area contributed by atoms with E-state index in [1.807, 2.05) is 0 Å². The van der Waals surface area contributed by atoms with Crippen molar-refractivity contribution >= 4 is 0 Å². The average Bonchev–Trinajstić information content (AvgIpc) is 2.33. The minimum absolute atomic E-state index is 0.591. The van der Waals surface area contributed by atoms with Gasteiger partial charge in [-0.1, -0.05) is 31.4 Å². The molecule has 0 bridgehead atoms. The van der Waals surface area contributed by atoms with Crippen LogP contribution in [0.2, 0.25) is 0 Å². The topological polar surface area (TPSA) is 21.3 Å². The lowest BCUT2D eigenvalue weighted by atomic mass is 9.92. The first kappa shape index (κ1) is 15.7. The minimum Gasteiger partial charge on any atom is -0.382 e. The summed E-state index contributed by atoms with van der Waals surface area (Å²) < 4.78 is 5.45. The van der Waals surface area contributed by atoms with Crippen molar-refractivity contribution in [3.05, 3.63) is 11.6 Å². The lowest BCUT2D eigenvalue weighted by molar-refractivity contribution is 0.141. The van der Waals surface area contributed by atoms with Crippen LogP contribution in [0.5, 0.6) is 0 Å². The van der Waals surface area contributed by atoms with Gasteiger partial charge in [0.05, 0.1) is 0 Å². The fraction of sp³-hybridized carbons (Fsp3) is 0.875.